The molecule has 3 heteroatoms. The minimum atomic E-state index is 1.01. The highest BCUT2D eigenvalue weighted by Gasteiger charge is 2.07. The van der Waals surface area contributed by atoms with E-state index in [2.05, 4.69) is 45.3 Å². The Morgan fingerprint density at radius 1 is 0.875 bits per heavy atom. The van der Waals surface area contributed by atoms with E-state index in [1.807, 2.05) is 6.07 Å². The number of H-pyrrole nitrogens is 2. The summed E-state index contributed by atoms with van der Waals surface area (Å²) in [6, 6.07) is 12.5. The number of para-hydroxylation sites is 1. The molecule has 0 aliphatic carbocycles. The first-order valence-electron chi connectivity index (χ1n) is 5.26. The second kappa shape index (κ2) is 2.64. The number of nitrogens with zero attached hydrogens (tertiary/aromatic N) is 1. The van der Waals surface area contributed by atoms with Crippen molar-refractivity contribution in [3.8, 4) is 0 Å². The van der Waals surface area contributed by atoms with Crippen LogP contribution in [0.2, 0.25) is 0 Å². The van der Waals surface area contributed by atoms with Crippen LogP contribution in [0.1, 0.15) is 0 Å². The molecule has 0 aliphatic rings. The van der Waals surface area contributed by atoms with E-state index < -0.39 is 0 Å². The summed E-state index contributed by atoms with van der Waals surface area (Å²) in [6.07, 6.45) is 1.73. The van der Waals surface area contributed by atoms with E-state index in [1.165, 1.54) is 10.8 Å². The summed E-state index contributed by atoms with van der Waals surface area (Å²) in [5, 5.41) is 2.48. The highest BCUT2D eigenvalue weighted by Crippen LogP contribution is 2.29. The highest BCUT2D eigenvalue weighted by atomic mass is 14.9. The molecule has 2 aromatic heterocycles. The maximum absolute atomic E-state index is 4.36. The topological polar surface area (TPSA) is 44.5 Å². The first-order chi connectivity index (χ1) is 7.93. The molecule has 2 aromatic carbocycles. The highest BCUT2D eigenvalue weighted by molar-refractivity contribution is 6.15. The van der Waals surface area contributed by atoms with Crippen molar-refractivity contribution < 1.29 is 0 Å². The molecule has 0 unspecified atom stereocenters. The molecule has 4 aromatic rings. The smallest absolute Gasteiger partial charge is 0.112 e. The fourth-order valence-corrected chi connectivity index (χ4v) is 2.32. The second-order valence-electron chi connectivity index (χ2n) is 3.96. The maximum Gasteiger partial charge on any atom is 0.112 e. The van der Waals surface area contributed by atoms with Crippen LogP contribution in [0.3, 0.4) is 0 Å². The largest absolute Gasteiger partial charge is 0.353 e. The van der Waals surface area contributed by atoms with Crippen molar-refractivity contribution in [1.82, 2.24) is 15.0 Å². The van der Waals surface area contributed by atoms with E-state index >= 15 is 0 Å². The molecule has 0 saturated heterocycles. The number of hydrogen-bond acceptors (Lipinski definition) is 1. The molecule has 4 rings (SSSR count). The van der Waals surface area contributed by atoms with Gasteiger partial charge in [0.25, 0.3) is 0 Å². The molecular weight excluding hydrogens is 198 g/mol. The first kappa shape index (κ1) is 7.93. The molecule has 0 amide bonds. The van der Waals surface area contributed by atoms with Gasteiger partial charge in [0.2, 0.25) is 0 Å². The standard InChI is InChI=1S/C13H9N3/c1-2-4-10-8(3-1)9-5-6-11-13(12(9)16-10)15-7-14-11/h1-7,16H,(H,14,15). The van der Waals surface area contributed by atoms with Crippen molar-refractivity contribution in [2.24, 2.45) is 0 Å². The van der Waals surface area contributed by atoms with Gasteiger partial charge < -0.3 is 9.97 Å². The van der Waals surface area contributed by atoms with Crippen LogP contribution in [0.4, 0.5) is 0 Å². The van der Waals surface area contributed by atoms with Crippen LogP contribution in [0.15, 0.2) is 42.7 Å². The lowest BCUT2D eigenvalue weighted by molar-refractivity contribution is 1.34. The molecule has 2 N–H and O–H groups in total. The summed E-state index contributed by atoms with van der Waals surface area (Å²) < 4.78 is 0. The third-order valence-corrected chi connectivity index (χ3v) is 3.07. The Balaban J connectivity index is 2.38. The number of benzene rings is 2. The monoisotopic (exact) mass is 207 g/mol. The van der Waals surface area contributed by atoms with E-state index in [4.69, 9.17) is 0 Å². The van der Waals surface area contributed by atoms with Gasteiger partial charge in [0.05, 0.1) is 17.4 Å². The number of aromatic nitrogens is 3. The summed E-state index contributed by atoms with van der Waals surface area (Å²) in [5.74, 6) is 0. The molecule has 76 valence electrons. The Labute approximate surface area is 91.1 Å². The molecule has 0 atom stereocenters. The number of nitrogens with one attached hydrogen (secondary N) is 2. The Morgan fingerprint density at radius 3 is 2.81 bits per heavy atom. The maximum atomic E-state index is 4.36. The van der Waals surface area contributed by atoms with Gasteiger partial charge in [-0.15, -0.1) is 0 Å². The van der Waals surface area contributed by atoms with Crippen molar-refractivity contribution >= 4 is 32.8 Å². The molecule has 16 heavy (non-hydrogen) atoms. The molecule has 0 spiro atoms. The average Bonchev–Trinajstić information content (AvgIpc) is 2.92. The fourth-order valence-electron chi connectivity index (χ4n) is 2.32. The quantitative estimate of drug-likeness (QED) is 0.457. The van der Waals surface area contributed by atoms with Crippen molar-refractivity contribution in [2.45, 2.75) is 0 Å². The van der Waals surface area contributed by atoms with Gasteiger partial charge in [-0.05, 0) is 18.2 Å². The molecule has 0 saturated carbocycles. The van der Waals surface area contributed by atoms with Gasteiger partial charge in [0.15, 0.2) is 0 Å². The van der Waals surface area contributed by atoms with E-state index in [-0.39, 0.29) is 0 Å². The summed E-state index contributed by atoms with van der Waals surface area (Å²) >= 11 is 0. The Bertz CT molecular complexity index is 808. The van der Waals surface area contributed by atoms with E-state index in [0.717, 1.165) is 22.1 Å². The van der Waals surface area contributed by atoms with Gasteiger partial charge in [-0.2, -0.15) is 0 Å². The third kappa shape index (κ3) is 0.852. The summed E-state index contributed by atoms with van der Waals surface area (Å²) in [5.41, 5.74) is 4.35. The van der Waals surface area contributed by atoms with Crippen LogP contribution in [0.25, 0.3) is 32.8 Å². The first-order valence-corrected chi connectivity index (χ1v) is 5.26. The van der Waals surface area contributed by atoms with E-state index in [1.54, 1.807) is 6.33 Å². The van der Waals surface area contributed by atoms with Gasteiger partial charge in [-0.25, -0.2) is 4.98 Å². The van der Waals surface area contributed by atoms with Crippen LogP contribution in [0, 0.1) is 0 Å². The van der Waals surface area contributed by atoms with Crippen molar-refractivity contribution in [3.05, 3.63) is 42.7 Å². The molecule has 0 aliphatic heterocycles. The predicted octanol–water partition coefficient (Wildman–Crippen LogP) is 3.20. The van der Waals surface area contributed by atoms with Crippen molar-refractivity contribution in [3.63, 3.8) is 0 Å². The van der Waals surface area contributed by atoms with Gasteiger partial charge in [0, 0.05) is 16.3 Å². The second-order valence-corrected chi connectivity index (χ2v) is 3.96. The van der Waals surface area contributed by atoms with Gasteiger partial charge in [0.1, 0.15) is 5.52 Å². The fraction of sp³-hybridized carbons (Fsp3) is 0. The molecule has 0 fully saturated rings. The van der Waals surface area contributed by atoms with E-state index in [9.17, 15) is 0 Å². The lowest BCUT2D eigenvalue weighted by Gasteiger charge is -1.91. The number of imidazole rings is 1. The Morgan fingerprint density at radius 2 is 1.81 bits per heavy atom. The summed E-state index contributed by atoms with van der Waals surface area (Å²) in [7, 11) is 0. The van der Waals surface area contributed by atoms with Crippen LogP contribution in [-0.2, 0) is 0 Å². The molecule has 0 radical (unpaired) electrons. The van der Waals surface area contributed by atoms with E-state index in [0.29, 0.717) is 0 Å². The van der Waals surface area contributed by atoms with Crippen LogP contribution in [0.5, 0.6) is 0 Å². The number of fused-ring (bicyclic) bond motifs is 5. The summed E-state index contributed by atoms with van der Waals surface area (Å²) in [4.78, 5) is 10.9. The minimum Gasteiger partial charge on any atom is -0.353 e. The zero-order chi connectivity index (χ0) is 10.5. The zero-order valence-electron chi connectivity index (χ0n) is 8.49. The molecule has 3 nitrogen and oxygen atoms in total. The SMILES string of the molecule is c1ccc2c(c1)[nH]c1c2ccc2[nH]cnc21. The van der Waals surface area contributed by atoms with Crippen molar-refractivity contribution in [1.29, 1.82) is 0 Å². The third-order valence-electron chi connectivity index (χ3n) is 3.07. The average molecular weight is 207 g/mol. The number of hydrogen-bond donors (Lipinski definition) is 2. The van der Waals surface area contributed by atoms with Gasteiger partial charge >= 0.3 is 0 Å². The molecular formula is C13H9N3. The minimum absolute atomic E-state index is 1.01. The van der Waals surface area contributed by atoms with Crippen LogP contribution < -0.4 is 0 Å². The van der Waals surface area contributed by atoms with Crippen molar-refractivity contribution in [2.75, 3.05) is 0 Å². The molecule has 0 bridgehead atoms. The number of aromatic amines is 2. The van der Waals surface area contributed by atoms with Gasteiger partial charge in [-0.3, -0.25) is 0 Å². The zero-order valence-corrected chi connectivity index (χ0v) is 8.49. The lowest BCUT2D eigenvalue weighted by Crippen LogP contribution is -1.72. The lowest BCUT2D eigenvalue weighted by atomic mass is 10.1. The number of rotatable bonds is 0. The Kier molecular flexibility index (Phi) is 1.31. The van der Waals surface area contributed by atoms with Crippen LogP contribution in [-0.4, -0.2) is 15.0 Å². The summed E-state index contributed by atoms with van der Waals surface area (Å²) in [6.45, 7) is 0. The Hall–Kier alpha value is -2.29. The van der Waals surface area contributed by atoms with Crippen LogP contribution >= 0.6 is 0 Å². The predicted molar refractivity (Wildman–Crippen MR) is 65.5 cm³/mol. The normalized spacial score (nSPS) is 11.8. The van der Waals surface area contributed by atoms with Gasteiger partial charge in [-0.1, -0.05) is 18.2 Å². The molecule has 2 heterocycles.